The van der Waals surface area contributed by atoms with Crippen LogP contribution in [0.5, 0.6) is 0 Å². The molecule has 1 N–H and O–H groups in total. The minimum atomic E-state index is -0.0492. The van der Waals surface area contributed by atoms with Crippen molar-refractivity contribution in [2.24, 2.45) is 0 Å². The summed E-state index contributed by atoms with van der Waals surface area (Å²) >= 11 is 5.90. The van der Waals surface area contributed by atoms with Crippen molar-refractivity contribution in [2.45, 2.75) is 45.8 Å². The molecule has 5 nitrogen and oxygen atoms in total. The molecule has 1 saturated heterocycles. The zero-order valence-corrected chi connectivity index (χ0v) is 20.6. The topological polar surface area (TPSA) is 46.0 Å². The SMILES string of the molecule is CCc1ccc(N2C(=S)N[C@H](c3ccccn3)[C@H]2c2cc(C)n(Cc3cccnc3)c2C)cc1. The summed E-state index contributed by atoms with van der Waals surface area (Å²) in [7, 11) is 0. The van der Waals surface area contributed by atoms with Crippen LogP contribution in [0.15, 0.2) is 79.3 Å². The van der Waals surface area contributed by atoms with Gasteiger partial charge in [-0.1, -0.05) is 31.2 Å². The van der Waals surface area contributed by atoms with E-state index in [0.29, 0.717) is 0 Å². The summed E-state index contributed by atoms with van der Waals surface area (Å²) in [4.78, 5) is 11.2. The van der Waals surface area contributed by atoms with Crippen molar-refractivity contribution >= 4 is 23.0 Å². The first-order valence-corrected chi connectivity index (χ1v) is 12.1. The average molecular weight is 468 g/mol. The maximum atomic E-state index is 5.90. The molecule has 0 amide bonds. The Balaban J connectivity index is 1.61. The summed E-state index contributed by atoms with van der Waals surface area (Å²) in [6.07, 6.45) is 6.61. The second-order valence-corrected chi connectivity index (χ2v) is 9.18. The van der Waals surface area contributed by atoms with E-state index in [-0.39, 0.29) is 12.1 Å². The van der Waals surface area contributed by atoms with Gasteiger partial charge in [-0.3, -0.25) is 9.97 Å². The molecule has 0 bridgehead atoms. The fourth-order valence-electron chi connectivity index (χ4n) is 4.89. The molecule has 0 unspecified atom stereocenters. The minimum absolute atomic E-state index is 0.0104. The molecule has 0 radical (unpaired) electrons. The van der Waals surface area contributed by atoms with Crippen LogP contribution in [0.25, 0.3) is 0 Å². The zero-order valence-electron chi connectivity index (χ0n) is 19.8. The van der Waals surface area contributed by atoms with Gasteiger partial charge >= 0.3 is 0 Å². The summed E-state index contributed by atoms with van der Waals surface area (Å²) in [5, 5.41) is 4.30. The normalized spacial score (nSPS) is 17.7. The Bertz CT molecular complexity index is 1280. The Kier molecular flexibility index (Phi) is 6.16. The highest BCUT2D eigenvalue weighted by Crippen LogP contribution is 2.43. The third-order valence-electron chi connectivity index (χ3n) is 6.72. The van der Waals surface area contributed by atoms with Gasteiger partial charge in [0.2, 0.25) is 0 Å². The molecular formula is C28H29N5S. The van der Waals surface area contributed by atoms with Crippen LogP contribution in [0.1, 0.15) is 52.8 Å². The fraction of sp³-hybridized carbons (Fsp3) is 0.250. The van der Waals surface area contributed by atoms with E-state index in [1.807, 2.05) is 36.8 Å². The van der Waals surface area contributed by atoms with Crippen molar-refractivity contribution in [1.29, 1.82) is 0 Å². The Morgan fingerprint density at radius 3 is 2.47 bits per heavy atom. The molecule has 1 aromatic carbocycles. The summed E-state index contributed by atoms with van der Waals surface area (Å²) in [5.41, 5.74) is 8.28. The van der Waals surface area contributed by atoms with Crippen molar-refractivity contribution in [3.8, 4) is 0 Å². The van der Waals surface area contributed by atoms with Gasteiger partial charge in [0.15, 0.2) is 5.11 Å². The molecule has 34 heavy (non-hydrogen) atoms. The van der Waals surface area contributed by atoms with E-state index in [0.717, 1.165) is 29.5 Å². The van der Waals surface area contributed by atoms with Crippen LogP contribution in [0, 0.1) is 13.8 Å². The summed E-state index contributed by atoms with van der Waals surface area (Å²) in [6, 6.07) is 21.1. The van der Waals surface area contributed by atoms with E-state index in [9.17, 15) is 0 Å². The largest absolute Gasteiger partial charge is 0.351 e. The van der Waals surface area contributed by atoms with Crippen LogP contribution < -0.4 is 10.2 Å². The lowest BCUT2D eigenvalue weighted by molar-refractivity contribution is 0.563. The van der Waals surface area contributed by atoms with E-state index in [1.54, 1.807) is 0 Å². The molecule has 0 aliphatic carbocycles. The Hall–Kier alpha value is -3.51. The van der Waals surface area contributed by atoms with Gasteiger partial charge in [0.25, 0.3) is 0 Å². The molecule has 1 fully saturated rings. The van der Waals surface area contributed by atoms with Crippen LogP contribution >= 0.6 is 12.2 Å². The fourth-order valence-corrected chi connectivity index (χ4v) is 5.23. The number of thiocarbonyl (C=S) groups is 1. The lowest BCUT2D eigenvalue weighted by Gasteiger charge is -2.28. The van der Waals surface area contributed by atoms with Crippen molar-refractivity contribution in [2.75, 3.05) is 4.90 Å². The molecule has 3 aromatic heterocycles. The van der Waals surface area contributed by atoms with Crippen LogP contribution in [-0.4, -0.2) is 19.6 Å². The molecule has 4 heterocycles. The molecular weight excluding hydrogens is 438 g/mol. The number of hydrogen-bond acceptors (Lipinski definition) is 3. The van der Waals surface area contributed by atoms with Gasteiger partial charge in [0.05, 0.1) is 17.8 Å². The monoisotopic (exact) mass is 467 g/mol. The maximum absolute atomic E-state index is 5.90. The van der Waals surface area contributed by atoms with E-state index in [1.165, 1.54) is 28.1 Å². The maximum Gasteiger partial charge on any atom is 0.174 e. The first kappa shape index (κ1) is 22.3. The predicted octanol–water partition coefficient (Wildman–Crippen LogP) is 5.68. The van der Waals surface area contributed by atoms with E-state index in [4.69, 9.17) is 12.2 Å². The van der Waals surface area contributed by atoms with Gasteiger partial charge in [-0.05, 0) is 85.6 Å². The highest BCUT2D eigenvalue weighted by atomic mass is 32.1. The van der Waals surface area contributed by atoms with Crippen LogP contribution in [0.3, 0.4) is 0 Å². The molecule has 0 spiro atoms. The van der Waals surface area contributed by atoms with E-state index in [2.05, 4.69) is 88.0 Å². The third kappa shape index (κ3) is 4.10. The first-order valence-electron chi connectivity index (χ1n) is 11.7. The quantitative estimate of drug-likeness (QED) is 0.370. The molecule has 2 atom stereocenters. The second kappa shape index (κ2) is 9.39. The standard InChI is InChI=1S/C28H29N5S/c1-4-21-10-12-23(13-11-21)33-27(26(31-28(33)34)25-9-5-6-15-30-25)24-16-19(2)32(20(24)3)18-22-8-7-14-29-17-22/h5-17,26-27H,4,18H2,1-3H3,(H,31,34)/t26-,27-/m1/s1. The lowest BCUT2D eigenvalue weighted by atomic mass is 9.96. The number of nitrogens with one attached hydrogen (secondary N) is 1. The Labute approximate surface area is 206 Å². The van der Waals surface area contributed by atoms with Gasteiger partial charge < -0.3 is 14.8 Å². The summed E-state index contributed by atoms with van der Waals surface area (Å²) in [5.74, 6) is 0. The number of hydrogen-bond donors (Lipinski definition) is 1. The Morgan fingerprint density at radius 2 is 1.79 bits per heavy atom. The average Bonchev–Trinajstić information content (AvgIpc) is 3.36. The molecule has 1 aliphatic heterocycles. The number of aromatic nitrogens is 3. The summed E-state index contributed by atoms with van der Waals surface area (Å²) in [6.45, 7) is 7.33. The van der Waals surface area contributed by atoms with Gasteiger partial charge in [-0.25, -0.2) is 0 Å². The third-order valence-corrected chi connectivity index (χ3v) is 7.03. The van der Waals surface area contributed by atoms with Crippen molar-refractivity contribution in [3.05, 3.63) is 113 Å². The zero-order chi connectivity index (χ0) is 23.7. The van der Waals surface area contributed by atoms with Crippen molar-refractivity contribution in [1.82, 2.24) is 19.9 Å². The van der Waals surface area contributed by atoms with Gasteiger partial charge in [-0.15, -0.1) is 0 Å². The minimum Gasteiger partial charge on any atom is -0.351 e. The smallest absolute Gasteiger partial charge is 0.174 e. The van der Waals surface area contributed by atoms with Crippen molar-refractivity contribution in [3.63, 3.8) is 0 Å². The number of pyridine rings is 2. The molecule has 5 rings (SSSR count). The molecule has 0 saturated carbocycles. The first-order chi connectivity index (χ1) is 16.6. The summed E-state index contributed by atoms with van der Waals surface area (Å²) < 4.78 is 2.36. The van der Waals surface area contributed by atoms with Crippen LogP contribution in [0.2, 0.25) is 0 Å². The number of aryl methyl sites for hydroxylation is 2. The van der Waals surface area contributed by atoms with Crippen molar-refractivity contribution < 1.29 is 0 Å². The number of nitrogens with zero attached hydrogens (tertiary/aromatic N) is 4. The van der Waals surface area contributed by atoms with E-state index < -0.39 is 0 Å². The van der Waals surface area contributed by atoms with Gasteiger partial charge in [0, 0.05) is 42.2 Å². The van der Waals surface area contributed by atoms with Crippen LogP contribution in [-0.2, 0) is 13.0 Å². The molecule has 1 aliphatic rings. The predicted molar refractivity (Wildman–Crippen MR) is 141 cm³/mol. The molecule has 4 aromatic rings. The highest BCUT2D eigenvalue weighted by Gasteiger charge is 2.42. The van der Waals surface area contributed by atoms with E-state index >= 15 is 0 Å². The molecule has 172 valence electrons. The molecule has 6 heteroatoms. The number of anilines is 1. The highest BCUT2D eigenvalue weighted by molar-refractivity contribution is 7.80. The lowest BCUT2D eigenvalue weighted by Crippen LogP contribution is -2.29. The number of benzene rings is 1. The van der Waals surface area contributed by atoms with Gasteiger partial charge in [-0.2, -0.15) is 0 Å². The number of rotatable bonds is 6. The second-order valence-electron chi connectivity index (χ2n) is 8.79. The van der Waals surface area contributed by atoms with Crippen LogP contribution in [0.4, 0.5) is 5.69 Å². The Morgan fingerprint density at radius 1 is 0.971 bits per heavy atom. The van der Waals surface area contributed by atoms with Gasteiger partial charge in [0.1, 0.15) is 0 Å².